The third-order valence-corrected chi connectivity index (χ3v) is 8.77. The molecule has 0 aromatic heterocycles. The van der Waals surface area contributed by atoms with Crippen molar-refractivity contribution in [1.29, 1.82) is 0 Å². The van der Waals surface area contributed by atoms with Gasteiger partial charge in [0.15, 0.2) is 0 Å². The zero-order valence-corrected chi connectivity index (χ0v) is 21.8. The molecule has 36 heavy (non-hydrogen) atoms. The minimum Gasteiger partial charge on any atom is -0.497 e. The fraction of sp³-hybridized carbons (Fsp3) is 0.444. The van der Waals surface area contributed by atoms with E-state index in [4.69, 9.17) is 9.47 Å². The van der Waals surface area contributed by atoms with Crippen molar-refractivity contribution in [2.75, 3.05) is 60.0 Å². The van der Waals surface area contributed by atoms with Gasteiger partial charge in [0, 0.05) is 51.9 Å². The SMILES string of the molecule is COc1ccc(OC)c(S(=O)(=O)N2CCC[C@@H](C(=O)N3CCN(C/C=C/c4ccccc4)CC3)C2)c1. The molecule has 2 saturated heterocycles. The Bertz CT molecular complexity index is 1160. The molecule has 2 aliphatic rings. The fourth-order valence-electron chi connectivity index (χ4n) is 4.80. The van der Waals surface area contributed by atoms with Gasteiger partial charge in [-0.15, -0.1) is 0 Å². The lowest BCUT2D eigenvalue weighted by Crippen LogP contribution is -2.53. The number of benzene rings is 2. The quantitative estimate of drug-likeness (QED) is 0.540. The van der Waals surface area contributed by atoms with Crippen LogP contribution in [0.5, 0.6) is 11.5 Å². The maximum absolute atomic E-state index is 13.5. The molecule has 0 spiro atoms. The van der Waals surface area contributed by atoms with Crippen molar-refractivity contribution in [2.24, 2.45) is 5.92 Å². The molecule has 2 fully saturated rings. The van der Waals surface area contributed by atoms with E-state index in [2.05, 4.69) is 29.2 Å². The van der Waals surface area contributed by atoms with Crippen LogP contribution in [0.1, 0.15) is 18.4 Å². The molecule has 0 unspecified atom stereocenters. The molecule has 1 atom stereocenters. The molecule has 0 saturated carbocycles. The van der Waals surface area contributed by atoms with Crippen LogP contribution in [-0.4, -0.2) is 88.5 Å². The molecule has 0 bridgehead atoms. The minimum atomic E-state index is -3.83. The Kier molecular flexibility index (Phi) is 8.66. The van der Waals surface area contributed by atoms with Gasteiger partial charge in [-0.3, -0.25) is 9.69 Å². The maximum atomic E-state index is 13.5. The molecule has 2 heterocycles. The summed E-state index contributed by atoms with van der Waals surface area (Å²) in [7, 11) is -0.897. The highest BCUT2D eigenvalue weighted by molar-refractivity contribution is 7.89. The number of sulfonamides is 1. The minimum absolute atomic E-state index is 0.0481. The van der Waals surface area contributed by atoms with Crippen molar-refractivity contribution in [2.45, 2.75) is 17.7 Å². The highest BCUT2D eigenvalue weighted by Gasteiger charge is 2.37. The van der Waals surface area contributed by atoms with Crippen molar-refractivity contribution in [3.05, 3.63) is 60.2 Å². The van der Waals surface area contributed by atoms with Crippen LogP contribution < -0.4 is 9.47 Å². The van der Waals surface area contributed by atoms with Crippen LogP contribution >= 0.6 is 0 Å². The topological polar surface area (TPSA) is 79.4 Å². The zero-order chi connectivity index (χ0) is 25.5. The predicted octanol–water partition coefficient (Wildman–Crippen LogP) is 2.96. The molecule has 2 aromatic rings. The second-order valence-electron chi connectivity index (χ2n) is 9.16. The van der Waals surface area contributed by atoms with Gasteiger partial charge in [-0.1, -0.05) is 42.5 Å². The van der Waals surface area contributed by atoms with E-state index in [0.717, 1.165) is 19.6 Å². The van der Waals surface area contributed by atoms with Gasteiger partial charge < -0.3 is 14.4 Å². The summed E-state index contributed by atoms with van der Waals surface area (Å²) in [5.74, 6) is 0.416. The number of hydrogen-bond acceptors (Lipinski definition) is 6. The fourth-order valence-corrected chi connectivity index (χ4v) is 6.49. The number of piperidine rings is 1. The van der Waals surface area contributed by atoms with Crippen LogP contribution in [0.25, 0.3) is 6.08 Å². The summed E-state index contributed by atoms with van der Waals surface area (Å²) in [4.78, 5) is 17.6. The summed E-state index contributed by atoms with van der Waals surface area (Å²) >= 11 is 0. The number of ether oxygens (including phenoxy) is 2. The average Bonchev–Trinajstić information content (AvgIpc) is 2.93. The number of amides is 1. The molecular formula is C27H35N3O5S. The Hall–Kier alpha value is -2.88. The molecule has 1 amide bonds. The van der Waals surface area contributed by atoms with Crippen molar-refractivity contribution in [1.82, 2.24) is 14.1 Å². The first kappa shape index (κ1) is 26.2. The third kappa shape index (κ3) is 6.08. The molecule has 194 valence electrons. The van der Waals surface area contributed by atoms with Gasteiger partial charge in [-0.05, 0) is 30.5 Å². The number of hydrogen-bond donors (Lipinski definition) is 0. The van der Waals surface area contributed by atoms with E-state index in [1.807, 2.05) is 23.1 Å². The first-order valence-corrected chi connectivity index (χ1v) is 13.8. The summed E-state index contributed by atoms with van der Waals surface area (Å²) in [5.41, 5.74) is 1.18. The van der Waals surface area contributed by atoms with Crippen LogP contribution in [0, 0.1) is 5.92 Å². The number of carbonyl (C=O) groups is 1. The molecule has 2 aliphatic heterocycles. The zero-order valence-electron chi connectivity index (χ0n) is 21.0. The number of methoxy groups -OCH3 is 2. The van der Waals surface area contributed by atoms with Gasteiger partial charge in [0.2, 0.25) is 15.9 Å². The number of nitrogens with zero attached hydrogens (tertiary/aromatic N) is 3. The van der Waals surface area contributed by atoms with Crippen LogP contribution in [0.2, 0.25) is 0 Å². The number of rotatable bonds is 8. The third-order valence-electron chi connectivity index (χ3n) is 6.88. The number of carbonyl (C=O) groups excluding carboxylic acids is 1. The summed E-state index contributed by atoms with van der Waals surface area (Å²) in [5, 5.41) is 0. The lowest BCUT2D eigenvalue weighted by atomic mass is 9.98. The van der Waals surface area contributed by atoms with Crippen LogP contribution in [-0.2, 0) is 14.8 Å². The van der Waals surface area contributed by atoms with Crippen LogP contribution in [0.4, 0.5) is 0 Å². The van der Waals surface area contributed by atoms with Crippen molar-refractivity contribution < 1.29 is 22.7 Å². The molecule has 2 aromatic carbocycles. The van der Waals surface area contributed by atoms with E-state index >= 15 is 0 Å². The summed E-state index contributed by atoms with van der Waals surface area (Å²) in [6.45, 7) is 4.33. The van der Waals surface area contributed by atoms with Gasteiger partial charge in [-0.2, -0.15) is 4.31 Å². The van der Waals surface area contributed by atoms with Gasteiger partial charge in [0.1, 0.15) is 16.4 Å². The average molecular weight is 514 g/mol. The monoisotopic (exact) mass is 513 g/mol. The first-order valence-electron chi connectivity index (χ1n) is 12.4. The first-order chi connectivity index (χ1) is 17.4. The maximum Gasteiger partial charge on any atom is 0.246 e. The van der Waals surface area contributed by atoms with Crippen LogP contribution in [0.3, 0.4) is 0 Å². The Morgan fingerprint density at radius 1 is 1.00 bits per heavy atom. The number of piperazine rings is 1. The molecule has 8 nitrogen and oxygen atoms in total. The smallest absolute Gasteiger partial charge is 0.246 e. The van der Waals surface area contributed by atoms with E-state index in [0.29, 0.717) is 38.2 Å². The predicted molar refractivity (Wildman–Crippen MR) is 140 cm³/mol. The molecule has 0 radical (unpaired) electrons. The lowest BCUT2D eigenvalue weighted by Gasteiger charge is -2.38. The van der Waals surface area contributed by atoms with Gasteiger partial charge >= 0.3 is 0 Å². The Balaban J connectivity index is 1.34. The van der Waals surface area contributed by atoms with Crippen molar-refractivity contribution >= 4 is 22.0 Å². The normalized spacial score (nSPS) is 19.9. The standard InChI is InChI=1S/C27H35N3O5S/c1-34-24-12-13-25(35-2)26(20-24)36(32,33)30-15-7-11-23(21-30)27(31)29-18-16-28(17-19-29)14-6-10-22-8-4-3-5-9-22/h3-6,8-10,12-13,20,23H,7,11,14-19,21H2,1-2H3/b10-6+/t23-/m1/s1. The summed E-state index contributed by atoms with van der Waals surface area (Å²) < 4.78 is 38.9. The summed E-state index contributed by atoms with van der Waals surface area (Å²) in [6, 6.07) is 14.9. The van der Waals surface area contributed by atoms with Crippen molar-refractivity contribution in [3.8, 4) is 11.5 Å². The second-order valence-corrected chi connectivity index (χ2v) is 11.1. The largest absolute Gasteiger partial charge is 0.497 e. The molecule has 0 aliphatic carbocycles. The van der Waals surface area contributed by atoms with Gasteiger partial charge in [0.05, 0.1) is 20.1 Å². The van der Waals surface area contributed by atoms with E-state index < -0.39 is 10.0 Å². The van der Waals surface area contributed by atoms with Crippen molar-refractivity contribution in [3.63, 3.8) is 0 Å². The Morgan fingerprint density at radius 2 is 1.75 bits per heavy atom. The lowest BCUT2D eigenvalue weighted by molar-refractivity contribution is -0.138. The van der Waals surface area contributed by atoms with E-state index in [-0.39, 0.29) is 29.0 Å². The Morgan fingerprint density at radius 3 is 2.44 bits per heavy atom. The summed E-state index contributed by atoms with van der Waals surface area (Å²) in [6.07, 6.45) is 5.61. The second kappa shape index (κ2) is 11.9. The van der Waals surface area contributed by atoms with E-state index in [1.165, 1.54) is 30.2 Å². The van der Waals surface area contributed by atoms with E-state index in [1.54, 1.807) is 12.1 Å². The molecular weight excluding hydrogens is 478 g/mol. The van der Waals surface area contributed by atoms with E-state index in [9.17, 15) is 13.2 Å². The highest BCUT2D eigenvalue weighted by atomic mass is 32.2. The molecule has 9 heteroatoms. The molecule has 4 rings (SSSR count). The van der Waals surface area contributed by atoms with Gasteiger partial charge in [-0.25, -0.2) is 8.42 Å². The highest BCUT2D eigenvalue weighted by Crippen LogP contribution is 2.33. The molecule has 0 N–H and O–H groups in total. The Labute approximate surface area is 214 Å². The van der Waals surface area contributed by atoms with Crippen LogP contribution in [0.15, 0.2) is 59.5 Å². The van der Waals surface area contributed by atoms with Gasteiger partial charge in [0.25, 0.3) is 0 Å².